The molecule has 1 heterocycles. The average Bonchev–Trinajstić information content (AvgIpc) is 3.22. The summed E-state index contributed by atoms with van der Waals surface area (Å²) in [6, 6.07) is 5.02. The fourth-order valence-electron chi connectivity index (χ4n) is 3.60. The highest BCUT2D eigenvalue weighted by Crippen LogP contribution is 2.49. The van der Waals surface area contributed by atoms with Gasteiger partial charge in [-0.3, -0.25) is 0 Å². The molecule has 4 heteroatoms. The first-order valence-corrected chi connectivity index (χ1v) is 8.29. The molecule has 2 fully saturated rings. The van der Waals surface area contributed by atoms with Crippen LogP contribution in [0.25, 0.3) is 0 Å². The Morgan fingerprint density at radius 3 is 2.90 bits per heavy atom. The van der Waals surface area contributed by atoms with Gasteiger partial charge < -0.3 is 10.1 Å². The molecule has 1 N–H and O–H groups in total. The van der Waals surface area contributed by atoms with E-state index in [1.165, 1.54) is 18.9 Å². The lowest BCUT2D eigenvalue weighted by Gasteiger charge is -2.35. The van der Waals surface area contributed by atoms with Crippen LogP contribution in [0.2, 0.25) is 5.02 Å². The predicted molar refractivity (Wildman–Crippen MR) is 83.2 cm³/mol. The SMILES string of the molecule is CCNCC1(Cc2ccc(Cl)cc2F)CCOC1C1CC1. The van der Waals surface area contributed by atoms with Crippen molar-refractivity contribution in [2.24, 2.45) is 11.3 Å². The molecule has 1 saturated carbocycles. The summed E-state index contributed by atoms with van der Waals surface area (Å²) in [5, 5.41) is 3.92. The highest BCUT2D eigenvalue weighted by molar-refractivity contribution is 6.30. The van der Waals surface area contributed by atoms with Gasteiger partial charge in [0.05, 0.1) is 6.10 Å². The summed E-state index contributed by atoms with van der Waals surface area (Å²) < 4.78 is 20.2. The van der Waals surface area contributed by atoms with E-state index in [1.54, 1.807) is 6.07 Å². The molecule has 1 saturated heterocycles. The minimum Gasteiger partial charge on any atom is -0.377 e. The molecule has 3 rings (SSSR count). The third-order valence-electron chi connectivity index (χ3n) is 4.84. The zero-order chi connectivity index (χ0) is 14.9. The van der Waals surface area contributed by atoms with E-state index >= 15 is 0 Å². The zero-order valence-electron chi connectivity index (χ0n) is 12.5. The maximum absolute atomic E-state index is 14.2. The Bertz CT molecular complexity index is 506. The standard InChI is InChI=1S/C17H23ClFNO/c1-2-20-11-17(7-8-21-16(17)12-3-4-12)10-13-5-6-14(18)9-15(13)19/h5-6,9,12,16,20H,2-4,7-8,10-11H2,1H3. The third kappa shape index (κ3) is 3.25. The largest absolute Gasteiger partial charge is 0.377 e. The van der Waals surface area contributed by atoms with E-state index in [-0.39, 0.29) is 17.3 Å². The second-order valence-electron chi connectivity index (χ2n) is 6.43. The number of nitrogens with one attached hydrogen (secondary N) is 1. The van der Waals surface area contributed by atoms with E-state index in [0.717, 1.165) is 38.1 Å². The predicted octanol–water partition coefficient (Wildman–Crippen LogP) is 3.82. The maximum atomic E-state index is 14.2. The highest BCUT2D eigenvalue weighted by atomic mass is 35.5. The topological polar surface area (TPSA) is 21.3 Å². The summed E-state index contributed by atoms with van der Waals surface area (Å²) in [5.74, 6) is 0.473. The number of hydrogen-bond donors (Lipinski definition) is 1. The first kappa shape index (κ1) is 15.3. The van der Waals surface area contributed by atoms with Crippen LogP contribution < -0.4 is 5.32 Å². The molecule has 0 aromatic heterocycles. The molecular weight excluding hydrogens is 289 g/mol. The van der Waals surface area contributed by atoms with Gasteiger partial charge in [-0.25, -0.2) is 4.39 Å². The molecule has 1 aromatic carbocycles. The molecule has 0 radical (unpaired) electrons. The molecular formula is C17H23ClFNO. The van der Waals surface area contributed by atoms with Gasteiger partial charge >= 0.3 is 0 Å². The van der Waals surface area contributed by atoms with E-state index in [0.29, 0.717) is 10.9 Å². The molecule has 0 amide bonds. The number of ether oxygens (including phenoxy) is 1. The van der Waals surface area contributed by atoms with Crippen molar-refractivity contribution < 1.29 is 9.13 Å². The molecule has 2 nitrogen and oxygen atoms in total. The Labute approximate surface area is 131 Å². The third-order valence-corrected chi connectivity index (χ3v) is 5.07. The second kappa shape index (κ2) is 6.23. The summed E-state index contributed by atoms with van der Waals surface area (Å²) in [4.78, 5) is 0. The lowest BCUT2D eigenvalue weighted by atomic mass is 9.74. The van der Waals surface area contributed by atoms with Crippen molar-refractivity contribution in [1.29, 1.82) is 0 Å². The van der Waals surface area contributed by atoms with Crippen molar-refractivity contribution in [3.63, 3.8) is 0 Å². The monoisotopic (exact) mass is 311 g/mol. The fourth-order valence-corrected chi connectivity index (χ4v) is 3.76. The van der Waals surface area contributed by atoms with Gasteiger partial charge in [0.2, 0.25) is 0 Å². The quantitative estimate of drug-likeness (QED) is 0.862. The van der Waals surface area contributed by atoms with E-state index in [9.17, 15) is 4.39 Å². The Morgan fingerprint density at radius 1 is 1.43 bits per heavy atom. The van der Waals surface area contributed by atoms with E-state index < -0.39 is 0 Å². The van der Waals surface area contributed by atoms with Crippen LogP contribution in [-0.2, 0) is 11.2 Å². The van der Waals surface area contributed by atoms with Crippen molar-refractivity contribution in [2.75, 3.05) is 19.7 Å². The van der Waals surface area contributed by atoms with Crippen molar-refractivity contribution in [3.05, 3.63) is 34.6 Å². The van der Waals surface area contributed by atoms with Gasteiger partial charge in [0.25, 0.3) is 0 Å². The van der Waals surface area contributed by atoms with E-state index in [1.807, 2.05) is 6.07 Å². The molecule has 21 heavy (non-hydrogen) atoms. The number of rotatable bonds is 6. The Balaban J connectivity index is 1.84. The Hall–Kier alpha value is -0.640. The van der Waals surface area contributed by atoms with Crippen LogP contribution in [0.5, 0.6) is 0 Å². The molecule has 2 unspecified atom stereocenters. The first-order chi connectivity index (χ1) is 10.1. The van der Waals surface area contributed by atoms with Crippen molar-refractivity contribution in [3.8, 4) is 0 Å². The number of benzene rings is 1. The van der Waals surface area contributed by atoms with Gasteiger partial charge in [-0.1, -0.05) is 24.6 Å². The first-order valence-electron chi connectivity index (χ1n) is 7.91. The normalized spacial score (nSPS) is 29.0. The summed E-state index contributed by atoms with van der Waals surface area (Å²) >= 11 is 5.86. The molecule has 1 aliphatic carbocycles. The Morgan fingerprint density at radius 2 is 2.24 bits per heavy atom. The summed E-state index contributed by atoms with van der Waals surface area (Å²) in [5.41, 5.74) is 0.778. The maximum Gasteiger partial charge on any atom is 0.127 e. The minimum absolute atomic E-state index is 0.0197. The van der Waals surface area contributed by atoms with Gasteiger partial charge in [-0.2, -0.15) is 0 Å². The number of hydrogen-bond acceptors (Lipinski definition) is 2. The van der Waals surface area contributed by atoms with Gasteiger partial charge in [0.1, 0.15) is 5.82 Å². The van der Waals surface area contributed by atoms with Crippen LogP contribution in [0, 0.1) is 17.2 Å². The van der Waals surface area contributed by atoms with Gasteiger partial charge in [0, 0.05) is 23.6 Å². The molecule has 0 bridgehead atoms. The second-order valence-corrected chi connectivity index (χ2v) is 6.87. The van der Waals surface area contributed by atoms with Crippen molar-refractivity contribution >= 4 is 11.6 Å². The summed E-state index contributed by atoms with van der Waals surface area (Å²) in [7, 11) is 0. The zero-order valence-corrected chi connectivity index (χ0v) is 13.3. The summed E-state index contributed by atoms with van der Waals surface area (Å²) in [6.07, 6.45) is 4.50. The highest BCUT2D eigenvalue weighted by Gasteiger charge is 2.50. The molecule has 0 spiro atoms. The molecule has 2 aliphatic rings. The van der Waals surface area contributed by atoms with Gasteiger partial charge in [-0.05, 0) is 55.8 Å². The molecule has 116 valence electrons. The lowest BCUT2D eigenvalue weighted by Crippen LogP contribution is -2.43. The van der Waals surface area contributed by atoms with Gasteiger partial charge in [0.15, 0.2) is 0 Å². The summed E-state index contributed by atoms with van der Waals surface area (Å²) in [6.45, 7) is 4.73. The molecule has 2 atom stereocenters. The average molecular weight is 312 g/mol. The van der Waals surface area contributed by atoms with Crippen LogP contribution in [0.1, 0.15) is 31.7 Å². The molecule has 1 aliphatic heterocycles. The van der Waals surface area contributed by atoms with Crippen molar-refractivity contribution in [2.45, 2.75) is 38.7 Å². The van der Waals surface area contributed by atoms with E-state index in [4.69, 9.17) is 16.3 Å². The smallest absolute Gasteiger partial charge is 0.127 e. The number of halogens is 2. The van der Waals surface area contributed by atoms with Crippen LogP contribution >= 0.6 is 11.6 Å². The van der Waals surface area contributed by atoms with Crippen LogP contribution in [0.4, 0.5) is 4.39 Å². The fraction of sp³-hybridized carbons (Fsp3) is 0.647. The molecule has 1 aromatic rings. The van der Waals surface area contributed by atoms with Crippen LogP contribution in [0.3, 0.4) is 0 Å². The van der Waals surface area contributed by atoms with Gasteiger partial charge in [-0.15, -0.1) is 0 Å². The van der Waals surface area contributed by atoms with Crippen LogP contribution in [-0.4, -0.2) is 25.8 Å². The lowest BCUT2D eigenvalue weighted by molar-refractivity contribution is 0.0305. The minimum atomic E-state index is -0.195. The van der Waals surface area contributed by atoms with Crippen LogP contribution in [0.15, 0.2) is 18.2 Å². The Kier molecular flexibility index (Phi) is 4.53. The van der Waals surface area contributed by atoms with E-state index in [2.05, 4.69) is 12.2 Å². The van der Waals surface area contributed by atoms with Crippen molar-refractivity contribution in [1.82, 2.24) is 5.32 Å².